The van der Waals surface area contributed by atoms with E-state index < -0.39 is 10.0 Å². The maximum Gasteiger partial charge on any atom is 0.321 e. The second-order valence-electron chi connectivity index (χ2n) is 6.53. The largest absolute Gasteiger partial charge is 0.481 e. The molecule has 2 heterocycles. The van der Waals surface area contributed by atoms with Crippen LogP contribution in [0.25, 0.3) is 0 Å². The fourth-order valence-electron chi connectivity index (χ4n) is 2.55. The fourth-order valence-corrected chi connectivity index (χ4v) is 4.37. The highest BCUT2D eigenvalue weighted by Gasteiger charge is 2.17. The molecular formula is C19H21N7O6S2. The zero-order valence-corrected chi connectivity index (χ0v) is 19.7. The van der Waals surface area contributed by atoms with Crippen LogP contribution in [0.4, 0.5) is 17.3 Å². The van der Waals surface area contributed by atoms with Crippen molar-refractivity contribution in [2.75, 3.05) is 35.7 Å². The van der Waals surface area contributed by atoms with Crippen LogP contribution in [0.1, 0.15) is 6.42 Å². The van der Waals surface area contributed by atoms with Crippen molar-refractivity contribution >= 4 is 45.0 Å². The Labute approximate surface area is 198 Å². The molecule has 0 spiro atoms. The molecule has 34 heavy (non-hydrogen) atoms. The minimum absolute atomic E-state index is 0.0328. The quantitative estimate of drug-likeness (QED) is 0.227. The highest BCUT2D eigenvalue weighted by Crippen LogP contribution is 2.22. The minimum atomic E-state index is -3.97. The number of benzene rings is 1. The van der Waals surface area contributed by atoms with Gasteiger partial charge >= 0.3 is 6.01 Å². The Kier molecular flexibility index (Phi) is 7.91. The van der Waals surface area contributed by atoms with E-state index in [-0.39, 0.29) is 46.3 Å². The summed E-state index contributed by atoms with van der Waals surface area (Å²) in [6, 6.07) is 7.99. The van der Waals surface area contributed by atoms with Gasteiger partial charge in [0.1, 0.15) is 5.82 Å². The first-order chi connectivity index (χ1) is 16.2. The number of anilines is 3. The van der Waals surface area contributed by atoms with E-state index in [1.165, 1.54) is 56.3 Å². The van der Waals surface area contributed by atoms with Crippen LogP contribution in [0.3, 0.4) is 0 Å². The number of methoxy groups -OCH3 is 2. The average molecular weight is 508 g/mol. The van der Waals surface area contributed by atoms with E-state index in [0.717, 1.165) is 6.07 Å². The third-order valence-electron chi connectivity index (χ3n) is 4.07. The van der Waals surface area contributed by atoms with Gasteiger partial charge in [-0.15, -0.1) is 0 Å². The summed E-state index contributed by atoms with van der Waals surface area (Å²) in [6.07, 6.45) is 0.127. The molecular weight excluding hydrogens is 486 g/mol. The number of nitrogens with one attached hydrogen (secondary N) is 3. The average Bonchev–Trinajstić information content (AvgIpc) is 2.78. The van der Waals surface area contributed by atoms with Crippen LogP contribution in [0, 0.1) is 0 Å². The minimum Gasteiger partial charge on any atom is -0.481 e. The predicted octanol–water partition coefficient (Wildman–Crippen LogP) is 1.08. The first-order valence-corrected chi connectivity index (χ1v) is 12.0. The van der Waals surface area contributed by atoms with Gasteiger partial charge in [0, 0.05) is 30.0 Å². The van der Waals surface area contributed by atoms with Crippen molar-refractivity contribution < 1.29 is 22.7 Å². The van der Waals surface area contributed by atoms with Crippen molar-refractivity contribution in [3.05, 3.63) is 46.8 Å². The lowest BCUT2D eigenvalue weighted by Gasteiger charge is -2.10. The Hall–Kier alpha value is -3.85. The van der Waals surface area contributed by atoms with Crippen LogP contribution in [-0.4, -0.2) is 54.2 Å². The number of H-pyrrole nitrogens is 1. The number of rotatable bonds is 10. The lowest BCUT2D eigenvalue weighted by Crippen LogP contribution is -2.15. The zero-order chi connectivity index (χ0) is 24.7. The summed E-state index contributed by atoms with van der Waals surface area (Å²) in [5.41, 5.74) is 5.56. The molecule has 3 rings (SSSR count). The Morgan fingerprint density at radius 1 is 1.12 bits per heavy atom. The summed E-state index contributed by atoms with van der Waals surface area (Å²) in [5, 5.41) is 2.99. The second-order valence-corrected chi connectivity index (χ2v) is 9.30. The number of nitrogens with zero attached hydrogens (tertiary/aromatic N) is 3. The monoisotopic (exact) mass is 507 g/mol. The molecule has 0 saturated heterocycles. The highest BCUT2D eigenvalue weighted by molar-refractivity contribution is 7.99. The Morgan fingerprint density at radius 2 is 1.85 bits per heavy atom. The number of hydrogen-bond donors (Lipinski definition) is 4. The van der Waals surface area contributed by atoms with Crippen molar-refractivity contribution in [3.63, 3.8) is 0 Å². The van der Waals surface area contributed by atoms with Crippen LogP contribution < -0.4 is 30.8 Å². The Morgan fingerprint density at radius 3 is 2.50 bits per heavy atom. The summed E-state index contributed by atoms with van der Waals surface area (Å²) < 4.78 is 37.6. The molecule has 0 aliphatic carbocycles. The van der Waals surface area contributed by atoms with Gasteiger partial charge in [0.25, 0.3) is 15.6 Å². The van der Waals surface area contributed by atoms with Crippen LogP contribution in [-0.2, 0) is 14.8 Å². The molecule has 180 valence electrons. The number of aromatic amines is 1. The van der Waals surface area contributed by atoms with Crippen molar-refractivity contribution in [1.29, 1.82) is 0 Å². The molecule has 13 nitrogen and oxygen atoms in total. The predicted molar refractivity (Wildman–Crippen MR) is 126 cm³/mol. The molecule has 1 aromatic carbocycles. The number of amides is 1. The molecule has 15 heteroatoms. The fraction of sp³-hybridized carbons (Fsp3) is 0.211. The Bertz CT molecular complexity index is 1310. The van der Waals surface area contributed by atoms with E-state index in [2.05, 4.69) is 30.0 Å². The number of nitrogen functional groups attached to an aromatic ring is 1. The smallest absolute Gasteiger partial charge is 0.321 e. The van der Waals surface area contributed by atoms with Gasteiger partial charge in [0.15, 0.2) is 11.0 Å². The molecule has 2 aromatic heterocycles. The van der Waals surface area contributed by atoms with Crippen molar-refractivity contribution in [1.82, 2.24) is 19.9 Å². The molecule has 5 N–H and O–H groups in total. The number of hydrogen-bond acceptors (Lipinski definition) is 11. The number of carbonyl (C=O) groups is 1. The standard InChI is InChI=1S/C19H21N7O6S2/c1-31-17-10-14(23-18(25-17)32-2)26-34(29,30)12-5-3-11(4-6-12)21-15(27)7-8-33-19-22-13(20)9-16(28)24-19/h3-6,9-10H,7-8H2,1-2H3,(H,21,27)(H,23,25,26)(H3,20,22,24,28). The summed E-state index contributed by atoms with van der Waals surface area (Å²) in [4.78, 5) is 37.8. The van der Waals surface area contributed by atoms with Gasteiger partial charge in [0.05, 0.1) is 19.1 Å². The first-order valence-electron chi connectivity index (χ1n) is 9.58. The van der Waals surface area contributed by atoms with Gasteiger partial charge < -0.3 is 25.5 Å². The first kappa shape index (κ1) is 24.8. The second kappa shape index (κ2) is 10.8. The topological polar surface area (TPSA) is 191 Å². The normalized spacial score (nSPS) is 11.0. The van der Waals surface area contributed by atoms with E-state index in [0.29, 0.717) is 16.6 Å². The van der Waals surface area contributed by atoms with E-state index in [9.17, 15) is 18.0 Å². The van der Waals surface area contributed by atoms with Crippen LogP contribution in [0.15, 0.2) is 51.2 Å². The molecule has 0 saturated carbocycles. The van der Waals surface area contributed by atoms with Gasteiger partial charge in [-0.1, -0.05) is 11.8 Å². The number of ether oxygens (including phenoxy) is 2. The molecule has 0 bridgehead atoms. The van der Waals surface area contributed by atoms with E-state index in [1.807, 2.05) is 0 Å². The lowest BCUT2D eigenvalue weighted by molar-refractivity contribution is -0.115. The molecule has 0 fully saturated rings. The van der Waals surface area contributed by atoms with Crippen molar-refractivity contribution in [3.8, 4) is 11.9 Å². The maximum atomic E-state index is 12.7. The van der Waals surface area contributed by atoms with Gasteiger partial charge in [0.2, 0.25) is 11.8 Å². The number of thioether (sulfide) groups is 1. The van der Waals surface area contributed by atoms with E-state index >= 15 is 0 Å². The molecule has 1 amide bonds. The number of carbonyl (C=O) groups excluding carboxylic acids is 1. The number of nitrogens with two attached hydrogens (primary N) is 1. The summed E-state index contributed by atoms with van der Waals surface area (Å²) >= 11 is 1.18. The molecule has 0 atom stereocenters. The number of sulfonamides is 1. The van der Waals surface area contributed by atoms with Crippen molar-refractivity contribution in [2.24, 2.45) is 0 Å². The summed E-state index contributed by atoms with van der Waals surface area (Å²) in [6.45, 7) is 0. The third-order valence-corrected chi connectivity index (χ3v) is 6.31. The van der Waals surface area contributed by atoms with Crippen molar-refractivity contribution in [2.45, 2.75) is 16.5 Å². The van der Waals surface area contributed by atoms with Gasteiger partial charge in [-0.2, -0.15) is 9.97 Å². The van der Waals surface area contributed by atoms with Crippen LogP contribution in [0.5, 0.6) is 11.9 Å². The highest BCUT2D eigenvalue weighted by atomic mass is 32.2. The maximum absolute atomic E-state index is 12.7. The molecule has 0 unspecified atom stereocenters. The summed E-state index contributed by atoms with van der Waals surface area (Å²) in [5.74, 6) is 0.236. The number of aromatic nitrogens is 4. The summed E-state index contributed by atoms with van der Waals surface area (Å²) in [7, 11) is -1.26. The molecule has 3 aromatic rings. The van der Waals surface area contributed by atoms with Gasteiger partial charge in [-0.25, -0.2) is 13.4 Å². The molecule has 0 aliphatic heterocycles. The van der Waals surface area contributed by atoms with Gasteiger partial charge in [-0.05, 0) is 24.3 Å². The van der Waals surface area contributed by atoms with Gasteiger partial charge in [-0.3, -0.25) is 14.3 Å². The Balaban J connectivity index is 1.58. The lowest BCUT2D eigenvalue weighted by atomic mass is 10.3. The van der Waals surface area contributed by atoms with Crippen LogP contribution in [0.2, 0.25) is 0 Å². The molecule has 0 radical (unpaired) electrons. The zero-order valence-electron chi connectivity index (χ0n) is 18.1. The van der Waals surface area contributed by atoms with E-state index in [1.54, 1.807) is 0 Å². The molecule has 0 aliphatic rings. The SMILES string of the molecule is COc1cc(NS(=O)(=O)c2ccc(NC(=O)CCSc3nc(N)cc(=O)[nH]3)cc2)nc(OC)n1. The van der Waals surface area contributed by atoms with Crippen LogP contribution >= 0.6 is 11.8 Å². The van der Waals surface area contributed by atoms with E-state index in [4.69, 9.17) is 15.2 Å². The third kappa shape index (κ3) is 6.82.